The minimum atomic E-state index is 0.627. The van der Waals surface area contributed by atoms with Gasteiger partial charge in [0, 0.05) is 25.1 Å². The van der Waals surface area contributed by atoms with Gasteiger partial charge in [-0.2, -0.15) is 0 Å². The van der Waals surface area contributed by atoms with Crippen LogP contribution in [0.15, 0.2) is 0 Å². The Bertz CT molecular complexity index is 211. The average molecular weight is 257 g/mol. The Hall–Kier alpha value is -0.160. The molecule has 4 heteroatoms. The molecule has 1 aliphatic heterocycles. The van der Waals surface area contributed by atoms with Crippen molar-refractivity contribution in [1.82, 2.24) is 15.1 Å². The lowest BCUT2D eigenvalue weighted by Gasteiger charge is -2.35. The fourth-order valence-corrected chi connectivity index (χ4v) is 2.68. The molecule has 0 radical (unpaired) electrons. The van der Waals surface area contributed by atoms with Crippen LogP contribution in [0.25, 0.3) is 0 Å². The Kier molecular flexibility index (Phi) is 7.82. The molecule has 108 valence electrons. The average Bonchev–Trinajstić information content (AvgIpc) is 2.37. The SMILES string of the molecule is CCN(CCCN(C)C)CC1COCCC1NC. The van der Waals surface area contributed by atoms with Gasteiger partial charge in [-0.3, -0.25) is 0 Å². The van der Waals surface area contributed by atoms with E-state index < -0.39 is 0 Å². The van der Waals surface area contributed by atoms with Gasteiger partial charge in [-0.05, 0) is 53.6 Å². The third-order valence-corrected chi connectivity index (χ3v) is 3.86. The van der Waals surface area contributed by atoms with E-state index in [4.69, 9.17) is 4.74 Å². The minimum absolute atomic E-state index is 0.627. The van der Waals surface area contributed by atoms with Crippen molar-refractivity contribution in [1.29, 1.82) is 0 Å². The van der Waals surface area contributed by atoms with Crippen LogP contribution in [-0.4, -0.2) is 76.4 Å². The molecule has 1 aliphatic rings. The van der Waals surface area contributed by atoms with Crippen LogP contribution < -0.4 is 5.32 Å². The molecule has 1 fully saturated rings. The van der Waals surface area contributed by atoms with Crippen molar-refractivity contribution in [2.24, 2.45) is 5.92 Å². The molecule has 0 aliphatic carbocycles. The number of hydrogen-bond acceptors (Lipinski definition) is 4. The van der Waals surface area contributed by atoms with Gasteiger partial charge in [0.15, 0.2) is 0 Å². The molecule has 0 amide bonds. The number of nitrogens with zero attached hydrogens (tertiary/aromatic N) is 2. The number of nitrogens with one attached hydrogen (secondary N) is 1. The van der Waals surface area contributed by atoms with Crippen molar-refractivity contribution in [2.75, 3.05) is 60.5 Å². The molecule has 1 heterocycles. The van der Waals surface area contributed by atoms with Crippen molar-refractivity contribution in [2.45, 2.75) is 25.8 Å². The van der Waals surface area contributed by atoms with Crippen LogP contribution in [0.2, 0.25) is 0 Å². The lowest BCUT2D eigenvalue weighted by molar-refractivity contribution is 0.0187. The van der Waals surface area contributed by atoms with Gasteiger partial charge in [0.05, 0.1) is 6.61 Å². The van der Waals surface area contributed by atoms with E-state index in [0.717, 1.165) is 32.7 Å². The summed E-state index contributed by atoms with van der Waals surface area (Å²) in [5.41, 5.74) is 0. The molecular formula is C14H31N3O. The highest BCUT2D eigenvalue weighted by Crippen LogP contribution is 2.16. The van der Waals surface area contributed by atoms with E-state index in [-0.39, 0.29) is 0 Å². The largest absolute Gasteiger partial charge is 0.381 e. The molecule has 0 aromatic carbocycles. The second-order valence-corrected chi connectivity index (χ2v) is 5.57. The molecule has 2 atom stereocenters. The van der Waals surface area contributed by atoms with Crippen LogP contribution in [0.1, 0.15) is 19.8 Å². The zero-order valence-electron chi connectivity index (χ0n) is 12.6. The summed E-state index contributed by atoms with van der Waals surface area (Å²) in [5.74, 6) is 0.642. The van der Waals surface area contributed by atoms with Crippen LogP contribution in [0, 0.1) is 5.92 Å². The van der Waals surface area contributed by atoms with Crippen LogP contribution in [0.3, 0.4) is 0 Å². The van der Waals surface area contributed by atoms with Gasteiger partial charge in [-0.15, -0.1) is 0 Å². The van der Waals surface area contributed by atoms with Gasteiger partial charge in [0.1, 0.15) is 0 Å². The maximum Gasteiger partial charge on any atom is 0.0521 e. The van der Waals surface area contributed by atoms with E-state index in [1.165, 1.54) is 19.5 Å². The molecule has 2 unspecified atom stereocenters. The van der Waals surface area contributed by atoms with Gasteiger partial charge in [0.25, 0.3) is 0 Å². The topological polar surface area (TPSA) is 27.7 Å². The summed E-state index contributed by atoms with van der Waals surface area (Å²) >= 11 is 0. The van der Waals surface area contributed by atoms with Crippen LogP contribution in [-0.2, 0) is 4.74 Å². The van der Waals surface area contributed by atoms with E-state index in [1.807, 2.05) is 0 Å². The summed E-state index contributed by atoms with van der Waals surface area (Å²) in [6, 6.07) is 0.627. The predicted octanol–water partition coefficient (Wildman–Crippen LogP) is 0.885. The zero-order valence-corrected chi connectivity index (χ0v) is 12.6. The first-order chi connectivity index (χ1) is 8.67. The molecule has 0 spiro atoms. The molecular weight excluding hydrogens is 226 g/mol. The highest BCUT2D eigenvalue weighted by molar-refractivity contribution is 4.81. The van der Waals surface area contributed by atoms with Crippen LogP contribution >= 0.6 is 0 Å². The third-order valence-electron chi connectivity index (χ3n) is 3.86. The summed E-state index contributed by atoms with van der Waals surface area (Å²) in [6.07, 6.45) is 2.40. The highest BCUT2D eigenvalue weighted by Gasteiger charge is 2.25. The Morgan fingerprint density at radius 3 is 2.67 bits per heavy atom. The van der Waals surface area contributed by atoms with E-state index in [9.17, 15) is 0 Å². The molecule has 0 aromatic rings. The number of rotatable bonds is 8. The van der Waals surface area contributed by atoms with Gasteiger partial charge in [-0.25, -0.2) is 0 Å². The summed E-state index contributed by atoms with van der Waals surface area (Å²) in [7, 11) is 6.36. The quantitative estimate of drug-likeness (QED) is 0.699. The first-order valence-corrected chi connectivity index (χ1v) is 7.29. The monoisotopic (exact) mass is 257 g/mol. The van der Waals surface area contributed by atoms with Crippen LogP contribution in [0.5, 0.6) is 0 Å². The second kappa shape index (κ2) is 8.86. The van der Waals surface area contributed by atoms with Gasteiger partial charge >= 0.3 is 0 Å². The Balaban J connectivity index is 2.31. The van der Waals surface area contributed by atoms with E-state index in [1.54, 1.807) is 0 Å². The standard InChI is InChI=1S/C14H31N3O/c1-5-17(9-6-8-16(3)4)11-13-12-18-10-7-14(13)15-2/h13-15H,5-12H2,1-4H3. The van der Waals surface area contributed by atoms with Crippen molar-refractivity contribution in [3.8, 4) is 0 Å². The summed E-state index contributed by atoms with van der Waals surface area (Å²) in [4.78, 5) is 4.82. The van der Waals surface area contributed by atoms with E-state index in [0.29, 0.717) is 12.0 Å². The number of hydrogen-bond donors (Lipinski definition) is 1. The van der Waals surface area contributed by atoms with Crippen molar-refractivity contribution < 1.29 is 4.74 Å². The lowest BCUT2D eigenvalue weighted by atomic mass is 9.95. The van der Waals surface area contributed by atoms with E-state index >= 15 is 0 Å². The number of ether oxygens (including phenoxy) is 1. The molecule has 1 saturated heterocycles. The zero-order chi connectivity index (χ0) is 13.4. The van der Waals surface area contributed by atoms with Crippen molar-refractivity contribution in [3.05, 3.63) is 0 Å². The third kappa shape index (κ3) is 5.65. The minimum Gasteiger partial charge on any atom is -0.381 e. The maximum absolute atomic E-state index is 5.63. The van der Waals surface area contributed by atoms with Crippen molar-refractivity contribution in [3.63, 3.8) is 0 Å². The lowest BCUT2D eigenvalue weighted by Crippen LogP contribution is -2.46. The predicted molar refractivity (Wildman–Crippen MR) is 77.1 cm³/mol. The second-order valence-electron chi connectivity index (χ2n) is 5.57. The fraction of sp³-hybridized carbons (Fsp3) is 1.00. The first-order valence-electron chi connectivity index (χ1n) is 7.29. The molecule has 4 nitrogen and oxygen atoms in total. The molecule has 1 rings (SSSR count). The Morgan fingerprint density at radius 2 is 2.06 bits per heavy atom. The van der Waals surface area contributed by atoms with Gasteiger partial charge in [-0.1, -0.05) is 6.92 Å². The molecule has 1 N–H and O–H groups in total. The highest BCUT2D eigenvalue weighted by atomic mass is 16.5. The summed E-state index contributed by atoms with van der Waals surface area (Å²) < 4.78 is 5.63. The normalized spacial score (nSPS) is 25.0. The molecule has 18 heavy (non-hydrogen) atoms. The molecule has 0 aromatic heterocycles. The Labute approximate surface area is 113 Å². The van der Waals surface area contributed by atoms with E-state index in [2.05, 4.69) is 43.2 Å². The Morgan fingerprint density at radius 1 is 1.28 bits per heavy atom. The molecule has 0 saturated carbocycles. The first kappa shape index (κ1) is 15.9. The fourth-order valence-electron chi connectivity index (χ4n) is 2.68. The summed E-state index contributed by atoms with van der Waals surface area (Å²) in [5, 5.41) is 3.44. The van der Waals surface area contributed by atoms with Gasteiger partial charge < -0.3 is 19.9 Å². The van der Waals surface area contributed by atoms with Crippen LogP contribution in [0.4, 0.5) is 0 Å². The summed E-state index contributed by atoms with van der Waals surface area (Å²) in [6.45, 7) is 8.75. The maximum atomic E-state index is 5.63. The van der Waals surface area contributed by atoms with Gasteiger partial charge in [0.2, 0.25) is 0 Å². The van der Waals surface area contributed by atoms with Crippen molar-refractivity contribution >= 4 is 0 Å². The molecule has 0 bridgehead atoms. The smallest absolute Gasteiger partial charge is 0.0521 e.